The lowest BCUT2D eigenvalue weighted by atomic mass is 10.1. The van der Waals surface area contributed by atoms with Crippen LogP contribution in [0.3, 0.4) is 0 Å². The van der Waals surface area contributed by atoms with Gasteiger partial charge in [-0.15, -0.1) is 0 Å². The molecule has 2 aromatic rings. The monoisotopic (exact) mass is 294 g/mol. The van der Waals surface area contributed by atoms with E-state index in [-0.39, 0.29) is 11.6 Å². The van der Waals surface area contributed by atoms with Crippen LogP contribution >= 0.6 is 0 Å². The van der Waals surface area contributed by atoms with E-state index in [1.165, 1.54) is 24.3 Å². The van der Waals surface area contributed by atoms with E-state index in [4.69, 9.17) is 0 Å². The summed E-state index contributed by atoms with van der Waals surface area (Å²) in [5.74, 6) is -0.736. The SMILES string of the molecule is CCc1c(F)cccc1S(=O)c1cccc(F)c1CC. The van der Waals surface area contributed by atoms with Gasteiger partial charge in [0.25, 0.3) is 0 Å². The molecule has 2 rings (SSSR count). The molecule has 0 unspecified atom stereocenters. The van der Waals surface area contributed by atoms with Crippen molar-refractivity contribution in [3.63, 3.8) is 0 Å². The van der Waals surface area contributed by atoms with Crippen LogP contribution in [0.15, 0.2) is 46.2 Å². The van der Waals surface area contributed by atoms with Crippen molar-refractivity contribution in [3.8, 4) is 0 Å². The standard InChI is InChI=1S/C16H16F2OS/c1-3-11-13(17)7-5-9-15(11)20(19)16-10-6-8-14(18)12(16)4-2/h5-10H,3-4H2,1-2H3. The van der Waals surface area contributed by atoms with Crippen molar-refractivity contribution in [2.24, 2.45) is 0 Å². The summed E-state index contributed by atoms with van der Waals surface area (Å²) in [7, 11) is -1.57. The van der Waals surface area contributed by atoms with E-state index in [2.05, 4.69) is 0 Å². The molecule has 0 aliphatic heterocycles. The summed E-state index contributed by atoms with van der Waals surface area (Å²) in [4.78, 5) is 0.848. The predicted molar refractivity (Wildman–Crippen MR) is 76.2 cm³/mol. The fourth-order valence-electron chi connectivity index (χ4n) is 2.23. The average molecular weight is 294 g/mol. The molecule has 0 spiro atoms. The fraction of sp³-hybridized carbons (Fsp3) is 0.250. The molecule has 2 aromatic carbocycles. The topological polar surface area (TPSA) is 17.1 Å². The minimum Gasteiger partial charge on any atom is -0.249 e. The van der Waals surface area contributed by atoms with E-state index in [1.54, 1.807) is 12.1 Å². The summed E-state index contributed by atoms with van der Waals surface area (Å²) in [5, 5.41) is 0. The molecule has 0 aliphatic carbocycles. The maximum absolute atomic E-state index is 13.8. The van der Waals surface area contributed by atoms with Crippen LogP contribution < -0.4 is 0 Å². The van der Waals surface area contributed by atoms with Gasteiger partial charge in [0, 0.05) is 20.9 Å². The molecule has 0 fully saturated rings. The van der Waals surface area contributed by atoms with E-state index < -0.39 is 10.8 Å². The summed E-state index contributed by atoms with van der Waals surface area (Å²) < 4.78 is 40.2. The summed E-state index contributed by atoms with van der Waals surface area (Å²) >= 11 is 0. The maximum atomic E-state index is 13.8. The van der Waals surface area contributed by atoms with Gasteiger partial charge in [0.2, 0.25) is 0 Å². The molecule has 4 heteroatoms. The minimum atomic E-state index is -1.57. The Morgan fingerprint density at radius 3 is 1.60 bits per heavy atom. The van der Waals surface area contributed by atoms with E-state index in [0.29, 0.717) is 33.8 Å². The first-order chi connectivity index (χ1) is 9.60. The first-order valence-corrected chi connectivity index (χ1v) is 7.71. The Labute approximate surface area is 120 Å². The lowest BCUT2D eigenvalue weighted by Crippen LogP contribution is -2.04. The van der Waals surface area contributed by atoms with Crippen LogP contribution in [-0.4, -0.2) is 4.21 Å². The van der Waals surface area contributed by atoms with E-state index in [9.17, 15) is 13.0 Å². The van der Waals surface area contributed by atoms with Gasteiger partial charge in [0.15, 0.2) is 0 Å². The second kappa shape index (κ2) is 6.27. The molecule has 1 nitrogen and oxygen atoms in total. The predicted octanol–water partition coefficient (Wildman–Crippen LogP) is 4.26. The summed E-state index contributed by atoms with van der Waals surface area (Å²) in [6.45, 7) is 3.62. The third kappa shape index (κ3) is 2.66. The zero-order valence-corrected chi connectivity index (χ0v) is 12.3. The molecule has 0 aliphatic rings. The molecule has 106 valence electrons. The van der Waals surface area contributed by atoms with Gasteiger partial charge in [-0.05, 0) is 37.1 Å². The Morgan fingerprint density at radius 2 is 1.25 bits per heavy atom. The molecule has 0 saturated carbocycles. The van der Waals surface area contributed by atoms with Crippen molar-refractivity contribution in [2.45, 2.75) is 36.5 Å². The van der Waals surface area contributed by atoms with Crippen molar-refractivity contribution in [1.29, 1.82) is 0 Å². The maximum Gasteiger partial charge on any atom is 0.127 e. The minimum absolute atomic E-state index is 0.368. The average Bonchev–Trinajstić information content (AvgIpc) is 2.46. The first-order valence-electron chi connectivity index (χ1n) is 6.56. The Morgan fingerprint density at radius 1 is 0.850 bits per heavy atom. The normalized spacial score (nSPS) is 11.1. The Bertz CT molecular complexity index is 597. The van der Waals surface area contributed by atoms with Crippen molar-refractivity contribution >= 4 is 10.8 Å². The first kappa shape index (κ1) is 14.9. The quantitative estimate of drug-likeness (QED) is 0.823. The molecule has 0 radical (unpaired) electrons. The van der Waals surface area contributed by atoms with Crippen LogP contribution in [0.4, 0.5) is 8.78 Å². The van der Waals surface area contributed by atoms with Crippen LogP contribution in [-0.2, 0) is 23.6 Å². The van der Waals surface area contributed by atoms with Crippen molar-refractivity contribution in [2.75, 3.05) is 0 Å². The van der Waals surface area contributed by atoms with Crippen molar-refractivity contribution in [3.05, 3.63) is 59.2 Å². The second-order valence-electron chi connectivity index (χ2n) is 4.41. The summed E-state index contributed by atoms with van der Waals surface area (Å²) in [6, 6.07) is 9.06. The summed E-state index contributed by atoms with van der Waals surface area (Å²) in [6.07, 6.45) is 0.898. The highest BCUT2D eigenvalue weighted by atomic mass is 32.2. The number of halogens is 2. The molecule has 20 heavy (non-hydrogen) atoms. The van der Waals surface area contributed by atoms with Gasteiger partial charge in [-0.25, -0.2) is 13.0 Å². The number of rotatable bonds is 4. The molecule has 0 bridgehead atoms. The largest absolute Gasteiger partial charge is 0.249 e. The summed E-state index contributed by atoms with van der Waals surface area (Å²) in [5.41, 5.74) is 0.856. The highest BCUT2D eigenvalue weighted by molar-refractivity contribution is 7.85. The third-order valence-corrected chi connectivity index (χ3v) is 4.82. The van der Waals surface area contributed by atoms with Gasteiger partial charge in [-0.3, -0.25) is 0 Å². The molecular formula is C16H16F2OS. The fourth-order valence-corrected chi connectivity index (χ4v) is 3.80. The van der Waals surface area contributed by atoms with Gasteiger partial charge in [0.05, 0.1) is 10.8 Å². The number of hydrogen-bond donors (Lipinski definition) is 0. The highest BCUT2D eigenvalue weighted by Gasteiger charge is 2.18. The molecule has 0 N–H and O–H groups in total. The molecule has 0 amide bonds. The zero-order valence-electron chi connectivity index (χ0n) is 11.5. The highest BCUT2D eigenvalue weighted by Crippen LogP contribution is 2.26. The van der Waals surface area contributed by atoms with Crippen LogP contribution in [0.1, 0.15) is 25.0 Å². The van der Waals surface area contributed by atoms with Gasteiger partial charge in [0.1, 0.15) is 11.6 Å². The van der Waals surface area contributed by atoms with Gasteiger partial charge in [-0.1, -0.05) is 26.0 Å². The molecule has 0 saturated heterocycles. The Kier molecular flexibility index (Phi) is 4.65. The smallest absolute Gasteiger partial charge is 0.127 e. The van der Waals surface area contributed by atoms with Gasteiger partial charge < -0.3 is 0 Å². The van der Waals surface area contributed by atoms with Crippen LogP contribution in [0.5, 0.6) is 0 Å². The zero-order chi connectivity index (χ0) is 14.7. The van der Waals surface area contributed by atoms with Gasteiger partial charge >= 0.3 is 0 Å². The van der Waals surface area contributed by atoms with Crippen LogP contribution in [0.2, 0.25) is 0 Å². The van der Waals surface area contributed by atoms with Gasteiger partial charge in [-0.2, -0.15) is 0 Å². The Balaban J connectivity index is 2.58. The van der Waals surface area contributed by atoms with E-state index in [0.717, 1.165) is 0 Å². The van der Waals surface area contributed by atoms with Crippen LogP contribution in [0, 0.1) is 11.6 Å². The van der Waals surface area contributed by atoms with E-state index in [1.807, 2.05) is 13.8 Å². The van der Waals surface area contributed by atoms with Crippen molar-refractivity contribution in [1.82, 2.24) is 0 Å². The second-order valence-corrected chi connectivity index (χ2v) is 5.83. The molecule has 0 atom stereocenters. The number of hydrogen-bond acceptors (Lipinski definition) is 1. The van der Waals surface area contributed by atoms with Crippen LogP contribution in [0.25, 0.3) is 0 Å². The lowest BCUT2D eigenvalue weighted by Gasteiger charge is -2.12. The molecule has 0 aromatic heterocycles. The van der Waals surface area contributed by atoms with Crippen molar-refractivity contribution < 1.29 is 13.0 Å². The molecule has 0 heterocycles. The Hall–Kier alpha value is -1.55. The molecular weight excluding hydrogens is 278 g/mol. The van der Waals surface area contributed by atoms with E-state index >= 15 is 0 Å². The third-order valence-electron chi connectivity index (χ3n) is 3.26. The number of benzene rings is 2. The lowest BCUT2D eigenvalue weighted by molar-refractivity contribution is 0.601.